The Labute approximate surface area is 102 Å². The number of H-pyrrole nitrogens is 1. The highest BCUT2D eigenvalue weighted by Gasteiger charge is 2.11. The first-order chi connectivity index (χ1) is 8.93. The van der Waals surface area contributed by atoms with Gasteiger partial charge in [0.05, 0.1) is 5.69 Å². The predicted octanol–water partition coefficient (Wildman–Crippen LogP) is 1.40. The Morgan fingerprint density at radius 1 is 0.889 bits per heavy atom. The van der Waals surface area contributed by atoms with Crippen molar-refractivity contribution in [3.05, 3.63) is 42.9 Å². The first-order valence-corrected chi connectivity index (χ1v) is 5.30. The van der Waals surface area contributed by atoms with Gasteiger partial charge in [0, 0.05) is 18.6 Å². The van der Waals surface area contributed by atoms with Crippen molar-refractivity contribution in [2.75, 3.05) is 5.32 Å². The molecule has 0 fully saturated rings. The largest absolute Gasteiger partial charge is 0.305 e. The zero-order chi connectivity index (χ0) is 12.2. The van der Waals surface area contributed by atoms with Gasteiger partial charge in [0.1, 0.15) is 0 Å². The monoisotopic (exact) mass is 239 g/mol. The number of hydrogen-bond donors (Lipinski definition) is 2. The number of pyridine rings is 1. The van der Waals surface area contributed by atoms with Crippen molar-refractivity contribution in [3.8, 4) is 11.4 Å². The Morgan fingerprint density at radius 3 is 2.50 bits per heavy atom. The summed E-state index contributed by atoms with van der Waals surface area (Å²) in [4.78, 5) is 12.3. The third-order valence-corrected chi connectivity index (χ3v) is 2.25. The quantitative estimate of drug-likeness (QED) is 0.717. The van der Waals surface area contributed by atoms with Crippen LogP contribution >= 0.6 is 0 Å². The highest BCUT2D eigenvalue weighted by Crippen LogP contribution is 2.22. The van der Waals surface area contributed by atoms with Crippen LogP contribution in [-0.2, 0) is 0 Å². The molecular formula is C11H9N7. The molecule has 2 N–H and O–H groups in total. The Balaban J connectivity index is 1.93. The number of rotatable bonds is 3. The van der Waals surface area contributed by atoms with Crippen LogP contribution in [-0.4, -0.2) is 30.4 Å². The summed E-state index contributed by atoms with van der Waals surface area (Å²) >= 11 is 0. The van der Waals surface area contributed by atoms with E-state index >= 15 is 0 Å². The van der Waals surface area contributed by atoms with Gasteiger partial charge in [0.25, 0.3) is 0 Å². The second kappa shape index (κ2) is 4.58. The Kier molecular flexibility index (Phi) is 2.63. The molecule has 3 aromatic rings. The van der Waals surface area contributed by atoms with Crippen LogP contribution < -0.4 is 5.32 Å². The van der Waals surface area contributed by atoms with Crippen molar-refractivity contribution >= 4 is 11.8 Å². The van der Waals surface area contributed by atoms with Gasteiger partial charge in [-0.2, -0.15) is 10.3 Å². The van der Waals surface area contributed by atoms with Crippen molar-refractivity contribution in [2.24, 2.45) is 0 Å². The maximum atomic E-state index is 4.22. The number of hydrogen-bond acceptors (Lipinski definition) is 6. The van der Waals surface area contributed by atoms with E-state index < -0.39 is 0 Å². The molecule has 0 aliphatic rings. The fraction of sp³-hybridized carbons (Fsp3) is 0. The fourth-order valence-electron chi connectivity index (χ4n) is 1.47. The number of nitrogens with one attached hydrogen (secondary N) is 2. The SMILES string of the molecule is c1ccc(-c2n[nH]nc2Nc2ncccn2)nc1. The van der Waals surface area contributed by atoms with Crippen LogP contribution in [0.15, 0.2) is 42.9 Å². The minimum absolute atomic E-state index is 0.462. The van der Waals surface area contributed by atoms with Crippen LogP contribution in [0.4, 0.5) is 11.8 Å². The second-order valence-corrected chi connectivity index (χ2v) is 3.43. The van der Waals surface area contributed by atoms with Crippen LogP contribution in [0.2, 0.25) is 0 Å². The molecule has 7 heteroatoms. The molecule has 7 nitrogen and oxygen atoms in total. The van der Waals surface area contributed by atoms with Gasteiger partial charge >= 0.3 is 0 Å². The molecule has 0 saturated heterocycles. The van der Waals surface area contributed by atoms with E-state index in [4.69, 9.17) is 0 Å². The number of anilines is 2. The van der Waals surface area contributed by atoms with E-state index in [0.717, 1.165) is 5.69 Å². The molecule has 3 rings (SSSR count). The van der Waals surface area contributed by atoms with Gasteiger partial charge in [0.2, 0.25) is 5.95 Å². The van der Waals surface area contributed by atoms with Crippen molar-refractivity contribution < 1.29 is 0 Å². The summed E-state index contributed by atoms with van der Waals surface area (Å²) in [7, 11) is 0. The lowest BCUT2D eigenvalue weighted by molar-refractivity contribution is 0.941. The average molecular weight is 239 g/mol. The smallest absolute Gasteiger partial charge is 0.228 e. The number of aromatic nitrogens is 6. The van der Waals surface area contributed by atoms with Crippen LogP contribution in [0.5, 0.6) is 0 Å². The van der Waals surface area contributed by atoms with Crippen molar-refractivity contribution in [2.45, 2.75) is 0 Å². The lowest BCUT2D eigenvalue weighted by atomic mass is 10.3. The standard InChI is InChI=1S/C11H9N7/c1-2-5-12-8(4-1)9-10(17-18-16-9)15-11-13-6-3-7-14-11/h1-7H,(H2,13,14,15,16,17,18). The van der Waals surface area contributed by atoms with Gasteiger partial charge in [-0.1, -0.05) is 6.07 Å². The van der Waals surface area contributed by atoms with Crippen LogP contribution in [0.3, 0.4) is 0 Å². The second-order valence-electron chi connectivity index (χ2n) is 3.43. The highest BCUT2D eigenvalue weighted by molar-refractivity contribution is 5.70. The lowest BCUT2D eigenvalue weighted by Gasteiger charge is -2.01. The Morgan fingerprint density at radius 2 is 1.72 bits per heavy atom. The highest BCUT2D eigenvalue weighted by atomic mass is 15.4. The van der Waals surface area contributed by atoms with Gasteiger partial charge in [-0.3, -0.25) is 4.98 Å². The van der Waals surface area contributed by atoms with E-state index in [2.05, 4.69) is 35.7 Å². The minimum atomic E-state index is 0.462. The molecule has 88 valence electrons. The van der Waals surface area contributed by atoms with E-state index in [0.29, 0.717) is 17.5 Å². The topological polar surface area (TPSA) is 92.3 Å². The molecular weight excluding hydrogens is 230 g/mol. The molecule has 0 saturated carbocycles. The molecule has 0 aliphatic heterocycles. The molecule has 3 heterocycles. The van der Waals surface area contributed by atoms with E-state index in [1.807, 2.05) is 18.2 Å². The van der Waals surface area contributed by atoms with Gasteiger partial charge in [-0.25, -0.2) is 9.97 Å². The average Bonchev–Trinajstić information content (AvgIpc) is 2.89. The molecule has 0 aliphatic carbocycles. The summed E-state index contributed by atoms with van der Waals surface area (Å²) in [6.45, 7) is 0. The van der Waals surface area contributed by atoms with E-state index in [1.54, 1.807) is 24.7 Å². The van der Waals surface area contributed by atoms with Gasteiger partial charge in [-0.15, -0.1) is 5.10 Å². The van der Waals surface area contributed by atoms with E-state index in [1.165, 1.54) is 0 Å². The summed E-state index contributed by atoms with van der Waals surface area (Å²) in [5.74, 6) is 1.00. The molecule has 0 atom stereocenters. The number of nitrogens with zero attached hydrogens (tertiary/aromatic N) is 5. The third-order valence-electron chi connectivity index (χ3n) is 2.25. The third kappa shape index (κ3) is 2.01. The van der Waals surface area contributed by atoms with Crippen LogP contribution in [0.25, 0.3) is 11.4 Å². The van der Waals surface area contributed by atoms with E-state index in [9.17, 15) is 0 Å². The summed E-state index contributed by atoms with van der Waals surface area (Å²) in [6.07, 6.45) is 5.00. The van der Waals surface area contributed by atoms with Crippen molar-refractivity contribution in [3.63, 3.8) is 0 Å². The predicted molar refractivity (Wildman–Crippen MR) is 64.9 cm³/mol. The Bertz CT molecular complexity index is 620. The fourth-order valence-corrected chi connectivity index (χ4v) is 1.47. The van der Waals surface area contributed by atoms with Crippen molar-refractivity contribution in [1.82, 2.24) is 30.4 Å². The molecule has 3 aromatic heterocycles. The van der Waals surface area contributed by atoms with Gasteiger partial charge < -0.3 is 5.32 Å². The van der Waals surface area contributed by atoms with E-state index in [-0.39, 0.29) is 0 Å². The lowest BCUT2D eigenvalue weighted by Crippen LogP contribution is -1.98. The summed E-state index contributed by atoms with van der Waals surface area (Å²) in [6, 6.07) is 7.33. The minimum Gasteiger partial charge on any atom is -0.305 e. The molecule has 0 radical (unpaired) electrons. The zero-order valence-electron chi connectivity index (χ0n) is 9.28. The zero-order valence-corrected chi connectivity index (χ0v) is 9.28. The molecule has 18 heavy (non-hydrogen) atoms. The van der Waals surface area contributed by atoms with Crippen LogP contribution in [0.1, 0.15) is 0 Å². The summed E-state index contributed by atoms with van der Waals surface area (Å²) < 4.78 is 0. The normalized spacial score (nSPS) is 10.2. The maximum Gasteiger partial charge on any atom is 0.228 e. The molecule has 0 spiro atoms. The summed E-state index contributed by atoms with van der Waals surface area (Å²) in [5, 5.41) is 13.6. The van der Waals surface area contributed by atoms with Gasteiger partial charge in [-0.05, 0) is 18.2 Å². The first kappa shape index (κ1) is 10.3. The number of aromatic amines is 1. The summed E-state index contributed by atoms with van der Waals surface area (Å²) in [5.41, 5.74) is 1.35. The molecule has 0 aromatic carbocycles. The maximum absolute atomic E-state index is 4.22. The molecule has 0 bridgehead atoms. The molecule has 0 unspecified atom stereocenters. The van der Waals surface area contributed by atoms with Crippen molar-refractivity contribution in [1.29, 1.82) is 0 Å². The Hall–Kier alpha value is -2.83. The first-order valence-electron chi connectivity index (χ1n) is 5.30. The van der Waals surface area contributed by atoms with Crippen LogP contribution in [0, 0.1) is 0 Å². The van der Waals surface area contributed by atoms with Gasteiger partial charge in [0.15, 0.2) is 11.5 Å². The molecule has 0 amide bonds.